The number of halogens is 1. The molecule has 2 fully saturated rings. The molecule has 2 saturated heterocycles. The molecule has 2 aliphatic rings. The molecule has 2 unspecified atom stereocenters. The van der Waals surface area contributed by atoms with Gasteiger partial charge < -0.3 is 15.5 Å². The zero-order valence-corrected chi connectivity index (χ0v) is 22.2. The maximum Gasteiger partial charge on any atom is 0.191 e. The smallest absolute Gasteiger partial charge is 0.191 e. The Kier molecular flexibility index (Phi) is 11.6. The summed E-state index contributed by atoms with van der Waals surface area (Å²) in [5.74, 6) is 1.55. The highest BCUT2D eigenvalue weighted by atomic mass is 127. The van der Waals surface area contributed by atoms with Crippen molar-refractivity contribution < 1.29 is 0 Å². The van der Waals surface area contributed by atoms with E-state index in [4.69, 9.17) is 0 Å². The SMILES string of the molecule is CN=C(NCC1CCCN1Cc1ccccc1)NCC(C(C)C)N1CCN(C)CC1.I. The number of guanidine groups is 1. The van der Waals surface area contributed by atoms with Gasteiger partial charge in [-0.05, 0) is 37.9 Å². The number of benzene rings is 1. The molecule has 3 rings (SSSR count). The number of hydrogen-bond donors (Lipinski definition) is 2. The molecule has 2 atom stereocenters. The summed E-state index contributed by atoms with van der Waals surface area (Å²) in [5.41, 5.74) is 1.40. The Morgan fingerprint density at radius 2 is 1.77 bits per heavy atom. The normalized spacial score (nSPS) is 22.4. The Labute approximate surface area is 206 Å². The van der Waals surface area contributed by atoms with Crippen molar-refractivity contribution in [1.82, 2.24) is 25.3 Å². The van der Waals surface area contributed by atoms with Gasteiger partial charge in [0.05, 0.1) is 0 Å². The van der Waals surface area contributed by atoms with E-state index in [2.05, 4.69) is 81.6 Å². The average Bonchev–Trinajstić information content (AvgIpc) is 3.19. The van der Waals surface area contributed by atoms with Crippen LogP contribution in [0, 0.1) is 5.92 Å². The van der Waals surface area contributed by atoms with Crippen LogP contribution in [-0.4, -0.2) is 92.7 Å². The lowest BCUT2D eigenvalue weighted by Crippen LogP contribution is -2.55. The summed E-state index contributed by atoms with van der Waals surface area (Å²) in [5, 5.41) is 7.21. The quantitative estimate of drug-likeness (QED) is 0.301. The van der Waals surface area contributed by atoms with Crippen molar-refractivity contribution in [1.29, 1.82) is 0 Å². The van der Waals surface area contributed by atoms with Crippen LogP contribution < -0.4 is 10.6 Å². The molecular weight excluding hydrogens is 499 g/mol. The molecule has 0 saturated carbocycles. The second kappa shape index (κ2) is 13.6. The molecule has 2 N–H and O–H groups in total. The van der Waals surface area contributed by atoms with Gasteiger partial charge in [-0.3, -0.25) is 14.8 Å². The fraction of sp³-hybridized carbons (Fsp3) is 0.708. The second-order valence-corrected chi connectivity index (χ2v) is 9.24. The third-order valence-electron chi connectivity index (χ3n) is 6.71. The standard InChI is InChI=1S/C24H42N6.HI/c1-20(2)23(29-15-13-28(4)14-16-29)18-27-24(25-3)26-17-22-11-8-12-30(22)19-21-9-6-5-7-10-21;/h5-7,9-10,20,22-23H,8,11-19H2,1-4H3,(H2,25,26,27);1H. The number of hydrogen-bond acceptors (Lipinski definition) is 4. The van der Waals surface area contributed by atoms with Gasteiger partial charge in [0, 0.05) is 64.9 Å². The van der Waals surface area contributed by atoms with Crippen LogP contribution >= 0.6 is 24.0 Å². The predicted octanol–water partition coefficient (Wildman–Crippen LogP) is 2.71. The van der Waals surface area contributed by atoms with E-state index in [1.807, 2.05) is 7.05 Å². The molecule has 0 aromatic heterocycles. The minimum Gasteiger partial charge on any atom is -0.355 e. The first-order valence-corrected chi connectivity index (χ1v) is 11.7. The molecule has 176 valence electrons. The largest absolute Gasteiger partial charge is 0.355 e. The lowest BCUT2D eigenvalue weighted by molar-refractivity contribution is 0.0900. The minimum absolute atomic E-state index is 0. The summed E-state index contributed by atoms with van der Waals surface area (Å²) in [6.45, 7) is 13.4. The molecule has 31 heavy (non-hydrogen) atoms. The number of likely N-dealkylation sites (N-methyl/N-ethyl adjacent to an activating group) is 1. The summed E-state index contributed by atoms with van der Waals surface area (Å²) >= 11 is 0. The summed E-state index contributed by atoms with van der Waals surface area (Å²) < 4.78 is 0. The number of nitrogens with zero attached hydrogens (tertiary/aromatic N) is 4. The fourth-order valence-electron chi connectivity index (χ4n) is 4.73. The highest BCUT2D eigenvalue weighted by molar-refractivity contribution is 14.0. The van der Waals surface area contributed by atoms with E-state index in [0.29, 0.717) is 18.0 Å². The summed E-state index contributed by atoms with van der Waals surface area (Å²) in [7, 11) is 4.10. The second-order valence-electron chi connectivity index (χ2n) is 9.24. The van der Waals surface area contributed by atoms with Crippen LogP contribution in [0.5, 0.6) is 0 Å². The van der Waals surface area contributed by atoms with E-state index in [-0.39, 0.29) is 24.0 Å². The molecule has 0 spiro atoms. The fourth-order valence-corrected chi connectivity index (χ4v) is 4.73. The first-order chi connectivity index (χ1) is 14.6. The molecule has 2 aliphatic heterocycles. The Balaban J connectivity index is 0.00000341. The monoisotopic (exact) mass is 542 g/mol. The van der Waals surface area contributed by atoms with Gasteiger partial charge in [-0.2, -0.15) is 0 Å². The number of nitrogens with one attached hydrogen (secondary N) is 2. The van der Waals surface area contributed by atoms with Crippen molar-refractivity contribution in [2.24, 2.45) is 10.9 Å². The van der Waals surface area contributed by atoms with E-state index < -0.39 is 0 Å². The lowest BCUT2D eigenvalue weighted by Gasteiger charge is -2.40. The average molecular weight is 543 g/mol. The van der Waals surface area contributed by atoms with E-state index >= 15 is 0 Å². The van der Waals surface area contributed by atoms with E-state index in [9.17, 15) is 0 Å². The maximum absolute atomic E-state index is 4.50. The van der Waals surface area contributed by atoms with Crippen LogP contribution in [-0.2, 0) is 6.54 Å². The molecule has 0 amide bonds. The van der Waals surface area contributed by atoms with Crippen LogP contribution in [0.1, 0.15) is 32.3 Å². The molecule has 0 bridgehead atoms. The van der Waals surface area contributed by atoms with Crippen LogP contribution in [0.2, 0.25) is 0 Å². The number of aliphatic imine (C=N–C) groups is 1. The van der Waals surface area contributed by atoms with E-state index in [0.717, 1.165) is 51.8 Å². The van der Waals surface area contributed by atoms with Crippen molar-refractivity contribution in [3.8, 4) is 0 Å². The molecule has 0 aliphatic carbocycles. The van der Waals surface area contributed by atoms with E-state index in [1.165, 1.54) is 24.9 Å². The minimum atomic E-state index is 0. The van der Waals surface area contributed by atoms with Crippen LogP contribution in [0.4, 0.5) is 0 Å². The molecule has 1 aromatic rings. The molecule has 7 heteroatoms. The summed E-state index contributed by atoms with van der Waals surface area (Å²) in [6.07, 6.45) is 2.54. The zero-order chi connectivity index (χ0) is 21.3. The van der Waals surface area contributed by atoms with Gasteiger partial charge in [0.1, 0.15) is 0 Å². The Bertz CT molecular complexity index is 645. The van der Waals surface area contributed by atoms with Gasteiger partial charge in [-0.15, -0.1) is 24.0 Å². The number of rotatable bonds is 8. The number of likely N-dealkylation sites (tertiary alicyclic amines) is 1. The lowest BCUT2D eigenvalue weighted by atomic mass is 10.0. The highest BCUT2D eigenvalue weighted by Crippen LogP contribution is 2.19. The van der Waals surface area contributed by atoms with Crippen molar-refractivity contribution >= 4 is 29.9 Å². The Morgan fingerprint density at radius 3 is 2.42 bits per heavy atom. The van der Waals surface area contributed by atoms with Crippen molar-refractivity contribution in [3.63, 3.8) is 0 Å². The molecular formula is C24H43IN6. The van der Waals surface area contributed by atoms with Crippen molar-refractivity contribution in [3.05, 3.63) is 35.9 Å². The van der Waals surface area contributed by atoms with Gasteiger partial charge in [0.2, 0.25) is 0 Å². The van der Waals surface area contributed by atoms with Crippen molar-refractivity contribution in [2.75, 3.05) is 59.9 Å². The van der Waals surface area contributed by atoms with Crippen LogP contribution in [0.25, 0.3) is 0 Å². The topological polar surface area (TPSA) is 46.1 Å². The van der Waals surface area contributed by atoms with Crippen LogP contribution in [0.15, 0.2) is 35.3 Å². The third-order valence-corrected chi connectivity index (χ3v) is 6.71. The van der Waals surface area contributed by atoms with Gasteiger partial charge in [-0.1, -0.05) is 44.2 Å². The zero-order valence-electron chi connectivity index (χ0n) is 19.9. The third kappa shape index (κ3) is 8.18. The summed E-state index contributed by atoms with van der Waals surface area (Å²) in [6, 6.07) is 11.9. The molecule has 6 nitrogen and oxygen atoms in total. The van der Waals surface area contributed by atoms with Gasteiger partial charge in [0.25, 0.3) is 0 Å². The van der Waals surface area contributed by atoms with Gasteiger partial charge in [0.15, 0.2) is 5.96 Å². The Morgan fingerprint density at radius 1 is 1.06 bits per heavy atom. The number of piperazine rings is 1. The maximum atomic E-state index is 4.50. The first kappa shape index (κ1) is 26.4. The molecule has 0 radical (unpaired) electrons. The van der Waals surface area contributed by atoms with E-state index in [1.54, 1.807) is 0 Å². The highest BCUT2D eigenvalue weighted by Gasteiger charge is 2.26. The van der Waals surface area contributed by atoms with Gasteiger partial charge in [-0.25, -0.2) is 0 Å². The molecule has 2 heterocycles. The predicted molar refractivity (Wildman–Crippen MR) is 142 cm³/mol. The first-order valence-electron chi connectivity index (χ1n) is 11.7. The Hall–Kier alpha value is -0.900. The summed E-state index contributed by atoms with van der Waals surface area (Å²) in [4.78, 5) is 12.2. The molecule has 1 aromatic carbocycles. The van der Waals surface area contributed by atoms with Crippen LogP contribution in [0.3, 0.4) is 0 Å². The van der Waals surface area contributed by atoms with Crippen molar-refractivity contribution in [2.45, 2.75) is 45.3 Å². The van der Waals surface area contributed by atoms with Gasteiger partial charge >= 0.3 is 0 Å².